The SMILES string of the molecule is C[C@@](O)(CCO)OCC(O)[C@H](O)CO. The summed E-state index contributed by atoms with van der Waals surface area (Å²) in [6.45, 7) is 0.203. The first-order valence-corrected chi connectivity index (χ1v) is 4.37. The van der Waals surface area contributed by atoms with Crippen molar-refractivity contribution in [3.63, 3.8) is 0 Å². The number of hydrogen-bond acceptors (Lipinski definition) is 6. The van der Waals surface area contributed by atoms with Crippen LogP contribution in [0, 0.1) is 0 Å². The highest BCUT2D eigenvalue weighted by atomic mass is 16.6. The maximum absolute atomic E-state index is 9.38. The molecule has 0 fully saturated rings. The highest BCUT2D eigenvalue weighted by Crippen LogP contribution is 2.11. The van der Waals surface area contributed by atoms with Crippen LogP contribution in [-0.4, -0.2) is 63.3 Å². The molecular weight excluding hydrogens is 192 g/mol. The molecular formula is C8H18O6. The Bertz CT molecular complexity index is 149. The smallest absolute Gasteiger partial charge is 0.164 e. The van der Waals surface area contributed by atoms with E-state index in [0.717, 1.165) is 0 Å². The number of aliphatic hydroxyl groups is 5. The molecule has 0 aliphatic carbocycles. The minimum Gasteiger partial charge on any atom is -0.396 e. The van der Waals surface area contributed by atoms with E-state index in [9.17, 15) is 5.11 Å². The Labute approximate surface area is 82.4 Å². The van der Waals surface area contributed by atoms with Gasteiger partial charge in [-0.1, -0.05) is 0 Å². The molecule has 6 nitrogen and oxygen atoms in total. The molecule has 6 heteroatoms. The van der Waals surface area contributed by atoms with E-state index >= 15 is 0 Å². The molecule has 3 atom stereocenters. The lowest BCUT2D eigenvalue weighted by atomic mass is 10.2. The first-order valence-electron chi connectivity index (χ1n) is 4.37. The molecule has 0 heterocycles. The van der Waals surface area contributed by atoms with Gasteiger partial charge in [-0.25, -0.2) is 0 Å². The number of hydrogen-bond donors (Lipinski definition) is 5. The maximum atomic E-state index is 9.38. The van der Waals surface area contributed by atoms with Gasteiger partial charge in [-0.15, -0.1) is 0 Å². The van der Waals surface area contributed by atoms with Crippen molar-refractivity contribution in [1.29, 1.82) is 0 Å². The van der Waals surface area contributed by atoms with Crippen LogP contribution in [0.2, 0.25) is 0 Å². The fraction of sp³-hybridized carbons (Fsp3) is 1.00. The molecule has 86 valence electrons. The van der Waals surface area contributed by atoms with E-state index in [1.165, 1.54) is 6.92 Å². The van der Waals surface area contributed by atoms with Crippen molar-refractivity contribution < 1.29 is 30.3 Å². The third kappa shape index (κ3) is 5.48. The minimum absolute atomic E-state index is 0.00887. The van der Waals surface area contributed by atoms with Gasteiger partial charge in [0, 0.05) is 13.0 Å². The maximum Gasteiger partial charge on any atom is 0.164 e. The Morgan fingerprint density at radius 3 is 2.21 bits per heavy atom. The van der Waals surface area contributed by atoms with Crippen molar-refractivity contribution in [1.82, 2.24) is 0 Å². The molecule has 0 aromatic rings. The van der Waals surface area contributed by atoms with Crippen molar-refractivity contribution >= 4 is 0 Å². The normalized spacial score (nSPS) is 20.1. The second-order valence-electron chi connectivity index (χ2n) is 3.28. The van der Waals surface area contributed by atoms with Gasteiger partial charge < -0.3 is 30.3 Å². The quantitative estimate of drug-likeness (QED) is 0.305. The van der Waals surface area contributed by atoms with E-state index in [-0.39, 0.29) is 19.6 Å². The van der Waals surface area contributed by atoms with Gasteiger partial charge in [0.2, 0.25) is 0 Å². The molecule has 5 N–H and O–H groups in total. The van der Waals surface area contributed by atoms with Gasteiger partial charge in [0.25, 0.3) is 0 Å². The molecule has 0 amide bonds. The number of aliphatic hydroxyl groups excluding tert-OH is 4. The van der Waals surface area contributed by atoms with Crippen molar-refractivity contribution in [3.05, 3.63) is 0 Å². The lowest BCUT2D eigenvalue weighted by Gasteiger charge is -2.25. The zero-order valence-corrected chi connectivity index (χ0v) is 8.13. The zero-order valence-electron chi connectivity index (χ0n) is 8.13. The fourth-order valence-corrected chi connectivity index (χ4v) is 0.777. The largest absolute Gasteiger partial charge is 0.396 e. The van der Waals surface area contributed by atoms with E-state index in [4.69, 9.17) is 25.2 Å². The van der Waals surface area contributed by atoms with E-state index in [1.807, 2.05) is 0 Å². The van der Waals surface area contributed by atoms with Crippen molar-refractivity contribution in [2.45, 2.75) is 31.3 Å². The van der Waals surface area contributed by atoms with Crippen molar-refractivity contribution in [2.24, 2.45) is 0 Å². The van der Waals surface area contributed by atoms with Crippen LogP contribution in [0.5, 0.6) is 0 Å². The Morgan fingerprint density at radius 2 is 1.79 bits per heavy atom. The predicted molar refractivity (Wildman–Crippen MR) is 47.4 cm³/mol. The first kappa shape index (κ1) is 13.8. The molecule has 0 aliphatic heterocycles. The molecule has 1 unspecified atom stereocenters. The lowest BCUT2D eigenvalue weighted by molar-refractivity contribution is -0.217. The van der Waals surface area contributed by atoms with Gasteiger partial charge in [-0.3, -0.25) is 0 Å². The van der Waals surface area contributed by atoms with Crippen molar-refractivity contribution in [2.75, 3.05) is 19.8 Å². The summed E-state index contributed by atoms with van der Waals surface area (Å²) >= 11 is 0. The Hall–Kier alpha value is -0.240. The fourth-order valence-electron chi connectivity index (χ4n) is 0.777. The molecule has 0 saturated heterocycles. The van der Waals surface area contributed by atoms with Crippen LogP contribution in [0.15, 0.2) is 0 Å². The summed E-state index contributed by atoms with van der Waals surface area (Å²) < 4.78 is 4.83. The molecule has 0 aliphatic rings. The second-order valence-corrected chi connectivity index (χ2v) is 3.28. The topological polar surface area (TPSA) is 110 Å². The summed E-state index contributed by atoms with van der Waals surface area (Å²) in [6, 6.07) is 0. The molecule has 14 heavy (non-hydrogen) atoms. The standard InChI is InChI=1S/C8H18O6/c1-8(13,2-3-9)14-5-7(12)6(11)4-10/h6-7,9-13H,2-5H2,1H3/t6-,7?,8+/m1/s1. The molecule has 0 bridgehead atoms. The van der Waals surface area contributed by atoms with Crippen LogP contribution < -0.4 is 0 Å². The summed E-state index contributed by atoms with van der Waals surface area (Å²) in [7, 11) is 0. The summed E-state index contributed by atoms with van der Waals surface area (Å²) in [5.74, 6) is -1.54. The van der Waals surface area contributed by atoms with E-state index < -0.39 is 24.6 Å². The van der Waals surface area contributed by atoms with Gasteiger partial charge >= 0.3 is 0 Å². The van der Waals surface area contributed by atoms with Crippen LogP contribution in [0.1, 0.15) is 13.3 Å². The highest BCUT2D eigenvalue weighted by Gasteiger charge is 2.24. The second kappa shape index (κ2) is 6.28. The van der Waals surface area contributed by atoms with Gasteiger partial charge in [0.05, 0.1) is 13.2 Å². The summed E-state index contributed by atoms with van der Waals surface area (Å²) in [5, 5.41) is 44.5. The van der Waals surface area contributed by atoms with Crippen molar-refractivity contribution in [3.8, 4) is 0 Å². The van der Waals surface area contributed by atoms with E-state index in [0.29, 0.717) is 0 Å². The van der Waals surface area contributed by atoms with Crippen LogP contribution in [0.4, 0.5) is 0 Å². The third-order valence-electron chi connectivity index (χ3n) is 1.77. The third-order valence-corrected chi connectivity index (χ3v) is 1.77. The molecule has 0 saturated carbocycles. The molecule has 0 aromatic heterocycles. The number of ether oxygens (including phenoxy) is 1. The zero-order chi connectivity index (χ0) is 11.2. The predicted octanol–water partition coefficient (Wildman–Crippen LogP) is -2.19. The summed E-state index contributed by atoms with van der Waals surface area (Å²) in [6.07, 6.45) is -2.54. The van der Waals surface area contributed by atoms with E-state index in [2.05, 4.69) is 0 Å². The average Bonchev–Trinajstić information content (AvgIpc) is 2.13. The minimum atomic E-state index is -1.54. The Balaban J connectivity index is 3.80. The molecule has 0 radical (unpaired) electrons. The van der Waals surface area contributed by atoms with Crippen LogP contribution in [-0.2, 0) is 4.74 Å². The lowest BCUT2D eigenvalue weighted by Crippen LogP contribution is -2.38. The average molecular weight is 210 g/mol. The van der Waals surface area contributed by atoms with Gasteiger partial charge in [-0.2, -0.15) is 0 Å². The molecule has 0 rings (SSSR count). The van der Waals surface area contributed by atoms with Crippen LogP contribution >= 0.6 is 0 Å². The van der Waals surface area contributed by atoms with Crippen LogP contribution in [0.3, 0.4) is 0 Å². The van der Waals surface area contributed by atoms with Crippen LogP contribution in [0.25, 0.3) is 0 Å². The van der Waals surface area contributed by atoms with Gasteiger partial charge in [0.15, 0.2) is 5.79 Å². The Kier molecular flexibility index (Phi) is 6.17. The summed E-state index contributed by atoms with van der Waals surface area (Å²) in [5.41, 5.74) is 0. The van der Waals surface area contributed by atoms with Gasteiger partial charge in [-0.05, 0) is 6.92 Å². The number of rotatable bonds is 7. The molecule has 0 aromatic carbocycles. The molecule has 0 spiro atoms. The van der Waals surface area contributed by atoms with E-state index in [1.54, 1.807) is 0 Å². The monoisotopic (exact) mass is 210 g/mol. The van der Waals surface area contributed by atoms with Gasteiger partial charge in [0.1, 0.15) is 12.2 Å². The summed E-state index contributed by atoms with van der Waals surface area (Å²) in [4.78, 5) is 0. The first-order chi connectivity index (χ1) is 6.43. The highest BCUT2D eigenvalue weighted by molar-refractivity contribution is 4.67. The Morgan fingerprint density at radius 1 is 1.21 bits per heavy atom.